The summed E-state index contributed by atoms with van der Waals surface area (Å²) in [6.07, 6.45) is 0. The van der Waals surface area contributed by atoms with Crippen molar-refractivity contribution < 1.29 is 13.9 Å². The van der Waals surface area contributed by atoms with E-state index in [1.165, 1.54) is 19.2 Å². The molecule has 6 heteroatoms. The van der Waals surface area contributed by atoms with E-state index in [0.717, 1.165) is 11.8 Å². The Bertz CT molecular complexity index is 622. The van der Waals surface area contributed by atoms with Gasteiger partial charge in [0.05, 0.1) is 24.1 Å². The second kappa shape index (κ2) is 5.09. The molecule has 0 aliphatic carbocycles. The molecular formula is C13H14FN3O2. The molecule has 0 atom stereocenters. The number of hydrogen-bond acceptors (Lipinski definition) is 4. The monoisotopic (exact) mass is 263 g/mol. The van der Waals surface area contributed by atoms with E-state index in [4.69, 9.17) is 0 Å². The number of nitrogens with one attached hydrogen (secondary N) is 1. The highest BCUT2D eigenvalue weighted by Gasteiger charge is 2.14. The van der Waals surface area contributed by atoms with Gasteiger partial charge < -0.3 is 10.1 Å². The van der Waals surface area contributed by atoms with Crippen molar-refractivity contribution in [1.29, 1.82) is 0 Å². The van der Waals surface area contributed by atoms with Crippen LogP contribution in [-0.4, -0.2) is 22.9 Å². The number of benzene rings is 1. The van der Waals surface area contributed by atoms with Crippen LogP contribution in [0.1, 0.15) is 16.1 Å². The Morgan fingerprint density at radius 1 is 1.42 bits per heavy atom. The van der Waals surface area contributed by atoms with Crippen LogP contribution in [0.5, 0.6) is 0 Å². The quantitative estimate of drug-likeness (QED) is 0.864. The SMILES string of the molecule is COC(=O)c1cc(F)ccc1Nc1cc(C)nn1C. The van der Waals surface area contributed by atoms with Crippen LogP contribution in [0.15, 0.2) is 24.3 Å². The minimum atomic E-state index is -0.596. The van der Waals surface area contributed by atoms with Crippen LogP contribution in [0.4, 0.5) is 15.9 Å². The summed E-state index contributed by atoms with van der Waals surface area (Å²) in [7, 11) is 3.03. The molecule has 1 aromatic heterocycles. The molecule has 0 fully saturated rings. The number of methoxy groups -OCH3 is 1. The van der Waals surface area contributed by atoms with Crippen LogP contribution < -0.4 is 5.32 Å². The number of aryl methyl sites for hydroxylation is 2. The zero-order chi connectivity index (χ0) is 14.0. The number of carbonyl (C=O) groups is 1. The normalized spacial score (nSPS) is 10.3. The number of aromatic nitrogens is 2. The van der Waals surface area contributed by atoms with Crippen molar-refractivity contribution in [2.75, 3.05) is 12.4 Å². The van der Waals surface area contributed by atoms with Crippen LogP contribution in [0.25, 0.3) is 0 Å². The van der Waals surface area contributed by atoms with Gasteiger partial charge in [-0.2, -0.15) is 5.10 Å². The molecule has 0 spiro atoms. The average molecular weight is 263 g/mol. The predicted octanol–water partition coefficient (Wildman–Crippen LogP) is 2.40. The minimum Gasteiger partial charge on any atom is -0.465 e. The van der Waals surface area contributed by atoms with Gasteiger partial charge in [-0.05, 0) is 25.1 Å². The van der Waals surface area contributed by atoms with Gasteiger partial charge in [0.2, 0.25) is 0 Å². The van der Waals surface area contributed by atoms with E-state index in [1.54, 1.807) is 11.7 Å². The fourth-order valence-electron chi connectivity index (χ4n) is 1.77. The smallest absolute Gasteiger partial charge is 0.340 e. The van der Waals surface area contributed by atoms with Gasteiger partial charge in [0, 0.05) is 13.1 Å². The third-order valence-corrected chi connectivity index (χ3v) is 2.65. The lowest BCUT2D eigenvalue weighted by Gasteiger charge is -2.10. The van der Waals surface area contributed by atoms with Crippen molar-refractivity contribution in [3.8, 4) is 0 Å². The van der Waals surface area contributed by atoms with Crippen molar-refractivity contribution in [1.82, 2.24) is 9.78 Å². The molecule has 19 heavy (non-hydrogen) atoms. The molecule has 0 radical (unpaired) electrons. The third kappa shape index (κ3) is 2.73. The Balaban J connectivity index is 2.39. The highest BCUT2D eigenvalue weighted by molar-refractivity contribution is 5.96. The lowest BCUT2D eigenvalue weighted by molar-refractivity contribution is 0.0601. The Kier molecular flexibility index (Phi) is 3.50. The first-order chi connectivity index (χ1) is 9.01. The maximum absolute atomic E-state index is 13.2. The predicted molar refractivity (Wildman–Crippen MR) is 69.0 cm³/mol. The van der Waals surface area contributed by atoms with Crippen LogP contribution in [-0.2, 0) is 11.8 Å². The number of carbonyl (C=O) groups excluding carboxylic acids is 1. The van der Waals surface area contributed by atoms with Crippen LogP contribution in [0.3, 0.4) is 0 Å². The summed E-state index contributed by atoms with van der Waals surface area (Å²) >= 11 is 0. The molecule has 0 bridgehead atoms. The molecule has 0 aliphatic rings. The van der Waals surface area contributed by atoms with Gasteiger partial charge in [-0.1, -0.05) is 0 Å². The molecule has 0 unspecified atom stereocenters. The van der Waals surface area contributed by atoms with Gasteiger partial charge in [-0.25, -0.2) is 9.18 Å². The molecule has 0 saturated carbocycles. The zero-order valence-corrected chi connectivity index (χ0v) is 10.9. The summed E-state index contributed by atoms with van der Waals surface area (Å²) in [4.78, 5) is 11.6. The lowest BCUT2D eigenvalue weighted by atomic mass is 10.1. The molecule has 2 aromatic rings. The van der Waals surface area contributed by atoms with Gasteiger partial charge in [0.25, 0.3) is 0 Å². The van der Waals surface area contributed by atoms with E-state index in [-0.39, 0.29) is 5.56 Å². The molecule has 5 nitrogen and oxygen atoms in total. The molecule has 0 amide bonds. The zero-order valence-electron chi connectivity index (χ0n) is 10.9. The van der Waals surface area contributed by atoms with Gasteiger partial charge in [0.15, 0.2) is 0 Å². The topological polar surface area (TPSA) is 56.1 Å². The van der Waals surface area contributed by atoms with Gasteiger partial charge >= 0.3 is 5.97 Å². The molecule has 1 N–H and O–H groups in total. The van der Waals surface area contributed by atoms with Gasteiger partial charge in [0.1, 0.15) is 11.6 Å². The number of halogens is 1. The average Bonchev–Trinajstić information content (AvgIpc) is 2.69. The standard InChI is InChI=1S/C13H14FN3O2/c1-8-6-12(17(2)16-8)15-11-5-4-9(14)7-10(11)13(18)19-3/h4-7,15H,1-3H3. The summed E-state index contributed by atoms with van der Waals surface area (Å²) in [5, 5.41) is 7.22. The Morgan fingerprint density at radius 3 is 2.74 bits per heavy atom. The van der Waals surface area contributed by atoms with E-state index >= 15 is 0 Å². The highest BCUT2D eigenvalue weighted by atomic mass is 19.1. The number of rotatable bonds is 3. The number of esters is 1. The second-order valence-electron chi connectivity index (χ2n) is 4.10. The Labute approximate surface area is 110 Å². The summed E-state index contributed by atoms with van der Waals surface area (Å²) in [6.45, 7) is 1.86. The number of ether oxygens (including phenoxy) is 1. The first kappa shape index (κ1) is 13.1. The maximum atomic E-state index is 13.2. The summed E-state index contributed by atoms with van der Waals surface area (Å²) < 4.78 is 19.5. The van der Waals surface area contributed by atoms with Gasteiger partial charge in [-0.3, -0.25) is 4.68 Å². The van der Waals surface area contributed by atoms with Crippen molar-refractivity contribution in [2.45, 2.75) is 6.92 Å². The van der Waals surface area contributed by atoms with Crippen molar-refractivity contribution in [3.63, 3.8) is 0 Å². The number of nitrogens with zero attached hydrogens (tertiary/aromatic N) is 2. The lowest BCUT2D eigenvalue weighted by Crippen LogP contribution is -2.08. The Hall–Kier alpha value is -2.37. The highest BCUT2D eigenvalue weighted by Crippen LogP contribution is 2.23. The van der Waals surface area contributed by atoms with Gasteiger partial charge in [-0.15, -0.1) is 0 Å². The third-order valence-electron chi connectivity index (χ3n) is 2.65. The summed E-state index contributed by atoms with van der Waals surface area (Å²) in [5.41, 5.74) is 1.45. The molecule has 1 heterocycles. The largest absolute Gasteiger partial charge is 0.465 e. The van der Waals surface area contributed by atoms with Crippen molar-refractivity contribution in [3.05, 3.63) is 41.3 Å². The fourth-order valence-corrected chi connectivity index (χ4v) is 1.77. The van der Waals surface area contributed by atoms with Crippen LogP contribution >= 0.6 is 0 Å². The van der Waals surface area contributed by atoms with E-state index < -0.39 is 11.8 Å². The second-order valence-corrected chi connectivity index (χ2v) is 4.10. The van der Waals surface area contributed by atoms with Crippen molar-refractivity contribution in [2.24, 2.45) is 7.05 Å². The molecule has 2 rings (SSSR count). The molecule has 1 aromatic carbocycles. The maximum Gasteiger partial charge on any atom is 0.340 e. The first-order valence-electron chi connectivity index (χ1n) is 5.67. The van der Waals surface area contributed by atoms with Crippen molar-refractivity contribution >= 4 is 17.5 Å². The van der Waals surface area contributed by atoms with E-state index in [0.29, 0.717) is 11.5 Å². The minimum absolute atomic E-state index is 0.140. The first-order valence-corrected chi connectivity index (χ1v) is 5.67. The molecule has 100 valence electrons. The summed E-state index contributed by atoms with van der Waals surface area (Å²) in [6, 6.07) is 5.73. The van der Waals surface area contributed by atoms with Crippen LogP contribution in [0.2, 0.25) is 0 Å². The van der Waals surface area contributed by atoms with Crippen LogP contribution in [0, 0.1) is 12.7 Å². The molecule has 0 saturated heterocycles. The fraction of sp³-hybridized carbons (Fsp3) is 0.231. The summed E-state index contributed by atoms with van der Waals surface area (Å²) in [5.74, 6) is -0.387. The Morgan fingerprint density at radius 2 is 2.16 bits per heavy atom. The molecule has 0 aliphatic heterocycles. The van der Waals surface area contributed by atoms with E-state index in [9.17, 15) is 9.18 Å². The number of anilines is 2. The number of hydrogen-bond donors (Lipinski definition) is 1. The van der Waals surface area contributed by atoms with E-state index in [1.807, 2.05) is 13.0 Å². The van der Waals surface area contributed by atoms with E-state index in [2.05, 4.69) is 15.2 Å². The molecular weight excluding hydrogens is 249 g/mol.